The largest absolute Gasteiger partial charge is 0.466 e. The van der Waals surface area contributed by atoms with Crippen LogP contribution in [-0.2, 0) is 14.3 Å². The number of hydrogen-bond donors (Lipinski definition) is 2. The highest BCUT2D eigenvalue weighted by molar-refractivity contribution is 5.87. The minimum absolute atomic E-state index is 0.0914. The molecule has 2 N–H and O–H groups in total. The molecule has 1 fully saturated rings. The first-order chi connectivity index (χ1) is 8.13. The number of carbonyl (C=O) groups excluding carboxylic acids is 2. The lowest BCUT2D eigenvalue weighted by Crippen LogP contribution is -2.29. The normalized spacial score (nSPS) is 15.5. The van der Waals surface area contributed by atoms with Crippen molar-refractivity contribution >= 4 is 11.9 Å². The second kappa shape index (κ2) is 7.06. The molecule has 0 atom stereocenters. The van der Waals surface area contributed by atoms with Crippen LogP contribution in [0.5, 0.6) is 0 Å². The van der Waals surface area contributed by atoms with E-state index in [-0.39, 0.29) is 11.9 Å². The van der Waals surface area contributed by atoms with E-state index in [2.05, 4.69) is 15.4 Å². The van der Waals surface area contributed by atoms with Gasteiger partial charge >= 0.3 is 5.97 Å². The zero-order valence-electron chi connectivity index (χ0n) is 10.4. The van der Waals surface area contributed by atoms with Crippen molar-refractivity contribution in [1.82, 2.24) is 10.6 Å². The number of rotatable bonds is 7. The number of carbonyl (C=O) groups is 2. The van der Waals surface area contributed by atoms with Crippen molar-refractivity contribution in [2.75, 3.05) is 20.2 Å². The van der Waals surface area contributed by atoms with Gasteiger partial charge in [-0.15, -0.1) is 0 Å². The van der Waals surface area contributed by atoms with E-state index in [1.54, 1.807) is 13.0 Å². The minimum atomic E-state index is -0.321. The van der Waals surface area contributed by atoms with E-state index < -0.39 is 0 Å². The summed E-state index contributed by atoms with van der Waals surface area (Å²) in [5, 5.41) is 5.99. The summed E-state index contributed by atoms with van der Waals surface area (Å²) >= 11 is 0. The molecule has 0 unspecified atom stereocenters. The van der Waals surface area contributed by atoms with Gasteiger partial charge in [-0.05, 0) is 19.8 Å². The van der Waals surface area contributed by atoms with Gasteiger partial charge in [0.2, 0.25) is 5.91 Å². The maximum atomic E-state index is 11.3. The molecule has 0 heterocycles. The summed E-state index contributed by atoms with van der Waals surface area (Å²) in [5.41, 5.74) is 0.572. The average molecular weight is 240 g/mol. The van der Waals surface area contributed by atoms with Gasteiger partial charge in [0, 0.05) is 31.1 Å². The first-order valence-electron chi connectivity index (χ1n) is 5.88. The third-order valence-corrected chi connectivity index (χ3v) is 2.53. The Balaban J connectivity index is 2.03. The van der Waals surface area contributed by atoms with Crippen LogP contribution in [0.1, 0.15) is 26.2 Å². The topological polar surface area (TPSA) is 67.4 Å². The second-order valence-corrected chi connectivity index (χ2v) is 4.17. The molecule has 0 saturated heterocycles. The molecule has 1 saturated carbocycles. The smallest absolute Gasteiger partial charge is 0.333 e. The predicted molar refractivity (Wildman–Crippen MR) is 64.4 cm³/mol. The van der Waals surface area contributed by atoms with E-state index in [4.69, 9.17) is 0 Å². The van der Waals surface area contributed by atoms with Crippen LogP contribution in [0, 0.1) is 0 Å². The van der Waals surface area contributed by atoms with Gasteiger partial charge < -0.3 is 15.4 Å². The fourth-order valence-electron chi connectivity index (χ4n) is 1.30. The first-order valence-corrected chi connectivity index (χ1v) is 5.88. The summed E-state index contributed by atoms with van der Waals surface area (Å²) in [4.78, 5) is 22.3. The van der Waals surface area contributed by atoms with Crippen molar-refractivity contribution < 1.29 is 14.3 Å². The summed E-state index contributed by atoms with van der Waals surface area (Å²) in [6.07, 6.45) is 4.45. The van der Waals surface area contributed by atoms with Crippen molar-refractivity contribution in [3.05, 3.63) is 11.6 Å². The summed E-state index contributed by atoms with van der Waals surface area (Å²) < 4.78 is 4.56. The predicted octanol–water partition coefficient (Wildman–Crippen LogP) is 0.364. The molecule has 5 heteroatoms. The number of ether oxygens (including phenoxy) is 1. The Labute approximate surface area is 102 Å². The standard InChI is InChI=1S/C12H20N2O3/c1-9(12(16)17-2)5-7-13-8-6-11(15)14-10-3-4-10/h5,10,13H,3-4,6-8H2,1-2H3,(H,14,15). The molecule has 17 heavy (non-hydrogen) atoms. The third kappa shape index (κ3) is 6.06. The first kappa shape index (κ1) is 13.7. The molecular formula is C12H20N2O3. The maximum Gasteiger partial charge on any atom is 0.333 e. The Morgan fingerprint density at radius 1 is 1.41 bits per heavy atom. The molecule has 0 aromatic carbocycles. The van der Waals surface area contributed by atoms with E-state index in [1.165, 1.54) is 7.11 Å². The molecule has 1 amide bonds. The monoisotopic (exact) mass is 240 g/mol. The van der Waals surface area contributed by atoms with Crippen LogP contribution >= 0.6 is 0 Å². The Kier molecular flexibility index (Phi) is 5.69. The number of esters is 1. The number of hydrogen-bond acceptors (Lipinski definition) is 4. The molecule has 1 rings (SSSR count). The van der Waals surface area contributed by atoms with Gasteiger partial charge in [0.25, 0.3) is 0 Å². The van der Waals surface area contributed by atoms with E-state index >= 15 is 0 Å². The van der Waals surface area contributed by atoms with Crippen molar-refractivity contribution in [2.45, 2.75) is 32.2 Å². The molecule has 5 nitrogen and oxygen atoms in total. The van der Waals surface area contributed by atoms with Crippen molar-refractivity contribution in [2.24, 2.45) is 0 Å². The molecule has 0 spiro atoms. The fraction of sp³-hybridized carbons (Fsp3) is 0.667. The molecule has 0 radical (unpaired) electrons. The van der Waals surface area contributed by atoms with Gasteiger partial charge in [0.1, 0.15) is 0 Å². The zero-order chi connectivity index (χ0) is 12.7. The zero-order valence-corrected chi connectivity index (χ0v) is 10.4. The van der Waals surface area contributed by atoms with Gasteiger partial charge in [0.15, 0.2) is 0 Å². The highest BCUT2D eigenvalue weighted by atomic mass is 16.5. The minimum Gasteiger partial charge on any atom is -0.466 e. The number of nitrogens with one attached hydrogen (secondary N) is 2. The van der Waals surface area contributed by atoms with E-state index in [0.29, 0.717) is 31.1 Å². The Hall–Kier alpha value is -1.36. The Bertz CT molecular complexity index is 309. The van der Waals surface area contributed by atoms with Crippen molar-refractivity contribution in [3.63, 3.8) is 0 Å². The molecule has 0 aliphatic heterocycles. The van der Waals surface area contributed by atoms with E-state index in [1.807, 2.05) is 0 Å². The quantitative estimate of drug-likeness (QED) is 0.383. The van der Waals surface area contributed by atoms with Crippen LogP contribution in [0.3, 0.4) is 0 Å². The summed E-state index contributed by atoms with van der Waals surface area (Å²) in [5.74, 6) is -0.230. The number of amides is 1. The number of methoxy groups -OCH3 is 1. The highest BCUT2D eigenvalue weighted by Crippen LogP contribution is 2.18. The Morgan fingerprint density at radius 2 is 2.12 bits per heavy atom. The van der Waals surface area contributed by atoms with Gasteiger partial charge in [-0.3, -0.25) is 4.79 Å². The third-order valence-electron chi connectivity index (χ3n) is 2.53. The molecular weight excluding hydrogens is 220 g/mol. The summed E-state index contributed by atoms with van der Waals surface area (Å²) in [7, 11) is 1.36. The second-order valence-electron chi connectivity index (χ2n) is 4.17. The molecule has 1 aliphatic rings. The van der Waals surface area contributed by atoms with Gasteiger partial charge in [0.05, 0.1) is 7.11 Å². The maximum absolute atomic E-state index is 11.3. The molecule has 96 valence electrons. The lowest BCUT2D eigenvalue weighted by molar-refractivity contribution is -0.136. The lowest BCUT2D eigenvalue weighted by Gasteiger charge is -2.04. The van der Waals surface area contributed by atoms with Crippen LogP contribution in [0.4, 0.5) is 0 Å². The van der Waals surface area contributed by atoms with Crippen LogP contribution in [0.15, 0.2) is 11.6 Å². The average Bonchev–Trinajstić information content (AvgIpc) is 3.11. The molecule has 0 bridgehead atoms. The van der Waals surface area contributed by atoms with Gasteiger partial charge in [-0.25, -0.2) is 4.79 Å². The highest BCUT2D eigenvalue weighted by Gasteiger charge is 2.22. The van der Waals surface area contributed by atoms with Crippen LogP contribution in [-0.4, -0.2) is 38.1 Å². The Morgan fingerprint density at radius 3 is 2.71 bits per heavy atom. The molecule has 1 aliphatic carbocycles. The van der Waals surface area contributed by atoms with Crippen LogP contribution in [0.25, 0.3) is 0 Å². The fourth-order valence-corrected chi connectivity index (χ4v) is 1.30. The molecule has 0 aromatic heterocycles. The molecule has 0 aromatic rings. The van der Waals surface area contributed by atoms with Crippen LogP contribution in [0.2, 0.25) is 0 Å². The van der Waals surface area contributed by atoms with Gasteiger partial charge in [-0.2, -0.15) is 0 Å². The van der Waals surface area contributed by atoms with Crippen LogP contribution < -0.4 is 10.6 Å². The van der Waals surface area contributed by atoms with Crippen molar-refractivity contribution in [3.8, 4) is 0 Å². The van der Waals surface area contributed by atoms with Gasteiger partial charge in [-0.1, -0.05) is 6.08 Å². The summed E-state index contributed by atoms with van der Waals surface area (Å²) in [6.45, 7) is 2.88. The van der Waals surface area contributed by atoms with Crippen molar-refractivity contribution in [1.29, 1.82) is 0 Å². The van der Waals surface area contributed by atoms with E-state index in [9.17, 15) is 9.59 Å². The SMILES string of the molecule is COC(=O)C(C)=CCNCCC(=O)NC1CC1. The summed E-state index contributed by atoms with van der Waals surface area (Å²) in [6, 6.07) is 0.420. The van der Waals surface area contributed by atoms with E-state index in [0.717, 1.165) is 12.8 Å². The lowest BCUT2D eigenvalue weighted by atomic mass is 10.3.